The van der Waals surface area contributed by atoms with Gasteiger partial charge in [0.15, 0.2) is 5.13 Å². The highest BCUT2D eigenvalue weighted by Gasteiger charge is 2.12. The highest BCUT2D eigenvalue weighted by Crippen LogP contribution is 2.29. The third-order valence-electron chi connectivity index (χ3n) is 3.16. The number of thioether (sulfide) groups is 1. The van der Waals surface area contributed by atoms with Gasteiger partial charge in [-0.1, -0.05) is 11.3 Å². The Hall–Kier alpha value is -2.45. The zero-order valence-electron chi connectivity index (χ0n) is 12.0. The molecule has 23 heavy (non-hydrogen) atoms. The number of nitro benzene ring substituents is 1. The predicted molar refractivity (Wildman–Crippen MR) is 92.5 cm³/mol. The zero-order valence-corrected chi connectivity index (χ0v) is 13.6. The Morgan fingerprint density at radius 2 is 2.00 bits per heavy atom. The van der Waals surface area contributed by atoms with E-state index in [9.17, 15) is 14.9 Å². The first kappa shape index (κ1) is 15.4. The number of carbonyl (C=O) groups is 1. The average Bonchev–Trinajstić information content (AvgIpc) is 2.95. The number of fused-ring (bicyclic) bond motifs is 1. The molecule has 0 fully saturated rings. The Morgan fingerprint density at radius 1 is 1.26 bits per heavy atom. The molecule has 0 radical (unpaired) electrons. The van der Waals surface area contributed by atoms with E-state index in [0.29, 0.717) is 10.7 Å². The SMILES string of the molecule is CSc1ccc2nc(NC(=O)c3ccc([N+](=O)[O-])cc3)sc2c1. The highest BCUT2D eigenvalue weighted by atomic mass is 32.2. The number of nitro groups is 1. The molecule has 0 bridgehead atoms. The predicted octanol–water partition coefficient (Wildman–Crippen LogP) is 4.18. The molecular weight excluding hydrogens is 334 g/mol. The number of thiazole rings is 1. The van der Waals surface area contributed by atoms with Gasteiger partial charge in [0, 0.05) is 22.6 Å². The molecule has 0 saturated carbocycles. The maximum Gasteiger partial charge on any atom is 0.269 e. The van der Waals surface area contributed by atoms with Crippen molar-refractivity contribution in [2.75, 3.05) is 11.6 Å². The van der Waals surface area contributed by atoms with E-state index in [1.165, 1.54) is 35.6 Å². The van der Waals surface area contributed by atoms with Crippen molar-refractivity contribution in [3.63, 3.8) is 0 Å². The molecule has 0 aliphatic carbocycles. The lowest BCUT2D eigenvalue weighted by molar-refractivity contribution is -0.384. The van der Waals surface area contributed by atoms with Crippen LogP contribution < -0.4 is 5.32 Å². The first-order valence-electron chi connectivity index (χ1n) is 6.57. The number of benzene rings is 2. The third kappa shape index (κ3) is 3.33. The van der Waals surface area contributed by atoms with Crippen molar-refractivity contribution in [1.29, 1.82) is 0 Å². The maximum atomic E-state index is 12.2. The fraction of sp³-hybridized carbons (Fsp3) is 0.0667. The van der Waals surface area contributed by atoms with Gasteiger partial charge < -0.3 is 0 Å². The molecule has 116 valence electrons. The second-order valence-corrected chi connectivity index (χ2v) is 6.52. The van der Waals surface area contributed by atoms with Crippen molar-refractivity contribution in [3.05, 3.63) is 58.1 Å². The smallest absolute Gasteiger partial charge is 0.269 e. The Bertz CT molecular complexity index is 891. The van der Waals surface area contributed by atoms with E-state index in [1.54, 1.807) is 11.8 Å². The fourth-order valence-electron chi connectivity index (χ4n) is 1.99. The van der Waals surface area contributed by atoms with E-state index in [1.807, 2.05) is 24.5 Å². The van der Waals surface area contributed by atoms with Gasteiger partial charge in [0.05, 0.1) is 15.1 Å². The van der Waals surface area contributed by atoms with Gasteiger partial charge in [0.2, 0.25) is 0 Å². The molecule has 3 aromatic rings. The van der Waals surface area contributed by atoms with Crippen LogP contribution in [-0.4, -0.2) is 22.1 Å². The number of amides is 1. The molecule has 1 heterocycles. The molecule has 1 N–H and O–H groups in total. The van der Waals surface area contributed by atoms with E-state index in [-0.39, 0.29) is 11.6 Å². The number of hydrogen-bond donors (Lipinski definition) is 1. The van der Waals surface area contributed by atoms with Crippen LogP contribution in [0.3, 0.4) is 0 Å². The lowest BCUT2D eigenvalue weighted by atomic mass is 10.2. The summed E-state index contributed by atoms with van der Waals surface area (Å²) >= 11 is 3.04. The summed E-state index contributed by atoms with van der Waals surface area (Å²) < 4.78 is 0.996. The fourth-order valence-corrected chi connectivity index (χ4v) is 3.40. The summed E-state index contributed by atoms with van der Waals surface area (Å²) in [6.45, 7) is 0. The molecule has 1 aromatic heterocycles. The van der Waals surface area contributed by atoms with Crippen LogP contribution in [0.2, 0.25) is 0 Å². The average molecular weight is 345 g/mol. The molecule has 3 rings (SSSR count). The molecule has 8 heteroatoms. The quantitative estimate of drug-likeness (QED) is 0.435. The Kier molecular flexibility index (Phi) is 4.26. The molecular formula is C15H11N3O3S2. The molecule has 6 nitrogen and oxygen atoms in total. The summed E-state index contributed by atoms with van der Waals surface area (Å²) in [5.74, 6) is -0.343. The Labute approximate surface area is 139 Å². The molecule has 0 saturated heterocycles. The van der Waals surface area contributed by atoms with E-state index < -0.39 is 4.92 Å². The second kappa shape index (κ2) is 6.35. The van der Waals surface area contributed by atoms with Gasteiger partial charge in [0.1, 0.15) is 0 Å². The Balaban J connectivity index is 1.80. The normalized spacial score (nSPS) is 10.7. The summed E-state index contributed by atoms with van der Waals surface area (Å²) in [4.78, 5) is 27.8. The Morgan fingerprint density at radius 3 is 2.65 bits per heavy atom. The molecule has 0 aliphatic heterocycles. The largest absolute Gasteiger partial charge is 0.298 e. The number of nitrogens with one attached hydrogen (secondary N) is 1. The summed E-state index contributed by atoms with van der Waals surface area (Å²) in [6, 6.07) is 11.4. The van der Waals surface area contributed by atoms with E-state index in [4.69, 9.17) is 0 Å². The van der Waals surface area contributed by atoms with Crippen LogP contribution in [0.4, 0.5) is 10.8 Å². The minimum atomic E-state index is -0.501. The number of aromatic nitrogens is 1. The van der Waals surface area contributed by atoms with Gasteiger partial charge in [0.25, 0.3) is 11.6 Å². The van der Waals surface area contributed by atoms with E-state index >= 15 is 0 Å². The first-order valence-corrected chi connectivity index (χ1v) is 8.61. The lowest BCUT2D eigenvalue weighted by Crippen LogP contribution is -2.11. The molecule has 1 amide bonds. The van der Waals surface area contributed by atoms with Crippen molar-refractivity contribution in [2.24, 2.45) is 0 Å². The van der Waals surface area contributed by atoms with Gasteiger partial charge in [-0.3, -0.25) is 20.2 Å². The summed E-state index contributed by atoms with van der Waals surface area (Å²) in [6.07, 6.45) is 2.00. The molecule has 0 spiro atoms. The standard InChI is InChI=1S/C15H11N3O3S2/c1-22-11-6-7-12-13(8-11)23-15(16-12)17-14(19)9-2-4-10(5-3-9)18(20)21/h2-8H,1H3,(H,16,17,19). The number of rotatable bonds is 4. The van der Waals surface area contributed by atoms with Crippen molar-refractivity contribution in [2.45, 2.75) is 4.90 Å². The monoisotopic (exact) mass is 345 g/mol. The summed E-state index contributed by atoms with van der Waals surface area (Å²) in [5.41, 5.74) is 1.12. The maximum absolute atomic E-state index is 12.2. The van der Waals surface area contributed by atoms with Crippen LogP contribution in [-0.2, 0) is 0 Å². The highest BCUT2D eigenvalue weighted by molar-refractivity contribution is 7.98. The molecule has 2 aromatic carbocycles. The van der Waals surface area contributed by atoms with Crippen LogP contribution in [0.15, 0.2) is 47.4 Å². The van der Waals surface area contributed by atoms with Crippen LogP contribution in [0, 0.1) is 10.1 Å². The minimum Gasteiger partial charge on any atom is -0.298 e. The van der Waals surface area contributed by atoms with Crippen LogP contribution in [0.25, 0.3) is 10.2 Å². The van der Waals surface area contributed by atoms with Gasteiger partial charge in [-0.2, -0.15) is 0 Å². The van der Waals surface area contributed by atoms with E-state index in [2.05, 4.69) is 10.3 Å². The van der Waals surface area contributed by atoms with Crippen molar-refractivity contribution >= 4 is 50.0 Å². The summed E-state index contributed by atoms with van der Waals surface area (Å²) in [5, 5.41) is 13.8. The van der Waals surface area contributed by atoms with Crippen LogP contribution >= 0.6 is 23.1 Å². The van der Waals surface area contributed by atoms with Crippen LogP contribution in [0.1, 0.15) is 10.4 Å². The molecule has 0 unspecified atom stereocenters. The van der Waals surface area contributed by atoms with Crippen molar-refractivity contribution in [3.8, 4) is 0 Å². The molecule has 0 aliphatic rings. The lowest BCUT2D eigenvalue weighted by Gasteiger charge is -2.00. The van der Waals surface area contributed by atoms with Crippen molar-refractivity contribution < 1.29 is 9.72 Å². The molecule has 0 atom stereocenters. The zero-order chi connectivity index (χ0) is 16.4. The number of hydrogen-bond acceptors (Lipinski definition) is 6. The van der Waals surface area contributed by atoms with Crippen molar-refractivity contribution in [1.82, 2.24) is 4.98 Å². The van der Waals surface area contributed by atoms with Gasteiger partial charge in [-0.25, -0.2) is 4.98 Å². The minimum absolute atomic E-state index is 0.0499. The number of anilines is 1. The number of non-ortho nitro benzene ring substituents is 1. The first-order chi connectivity index (χ1) is 11.1. The third-order valence-corrected chi connectivity index (χ3v) is 4.82. The second-order valence-electron chi connectivity index (χ2n) is 4.61. The van der Waals surface area contributed by atoms with Gasteiger partial charge in [-0.05, 0) is 36.6 Å². The summed E-state index contributed by atoms with van der Waals surface area (Å²) in [7, 11) is 0. The van der Waals surface area contributed by atoms with E-state index in [0.717, 1.165) is 15.1 Å². The number of carbonyl (C=O) groups excluding carboxylic acids is 1. The topological polar surface area (TPSA) is 85.1 Å². The van der Waals surface area contributed by atoms with Crippen LogP contribution in [0.5, 0.6) is 0 Å². The van der Waals surface area contributed by atoms with Gasteiger partial charge >= 0.3 is 0 Å². The van der Waals surface area contributed by atoms with Gasteiger partial charge in [-0.15, -0.1) is 11.8 Å². The number of nitrogens with zero attached hydrogens (tertiary/aromatic N) is 2.